The predicted octanol–water partition coefficient (Wildman–Crippen LogP) is 0.194. The van der Waals surface area contributed by atoms with E-state index in [2.05, 4.69) is 17.2 Å². The first-order chi connectivity index (χ1) is 7.84. The second-order valence-corrected chi connectivity index (χ2v) is 3.66. The summed E-state index contributed by atoms with van der Waals surface area (Å²) in [5.41, 5.74) is 0. The van der Waals surface area contributed by atoms with E-state index in [4.69, 9.17) is 4.74 Å². The van der Waals surface area contributed by atoms with Crippen LogP contribution in [0.25, 0.3) is 0 Å². The van der Waals surface area contributed by atoms with Crippen molar-refractivity contribution >= 4 is 6.03 Å². The van der Waals surface area contributed by atoms with E-state index in [9.17, 15) is 4.79 Å². The van der Waals surface area contributed by atoms with Gasteiger partial charge in [0.2, 0.25) is 0 Å². The third kappa shape index (κ3) is 5.14. The summed E-state index contributed by atoms with van der Waals surface area (Å²) in [7, 11) is 0. The summed E-state index contributed by atoms with van der Waals surface area (Å²) in [6.45, 7) is 9.05. The van der Waals surface area contributed by atoms with Crippen LogP contribution in [0.2, 0.25) is 0 Å². The summed E-state index contributed by atoms with van der Waals surface area (Å²) < 4.78 is 5.34. The standard InChI is InChI=1S/C11H21N3O2/c1-2-3-9-16-10-6-12-4-7-14-8-5-13-11(14)15/h2,12H,1,3-10H2,(H,13,15). The van der Waals surface area contributed by atoms with Crippen molar-refractivity contribution in [2.24, 2.45) is 0 Å². The smallest absolute Gasteiger partial charge is 0.317 e. The number of nitrogens with one attached hydrogen (secondary N) is 2. The highest BCUT2D eigenvalue weighted by Crippen LogP contribution is 1.94. The number of amides is 2. The molecule has 2 N–H and O–H groups in total. The lowest BCUT2D eigenvalue weighted by atomic mass is 10.4. The second-order valence-electron chi connectivity index (χ2n) is 3.66. The summed E-state index contributed by atoms with van der Waals surface area (Å²) >= 11 is 0. The highest BCUT2D eigenvalue weighted by Gasteiger charge is 2.17. The van der Waals surface area contributed by atoms with Crippen LogP contribution in [0, 0.1) is 0 Å². The summed E-state index contributed by atoms with van der Waals surface area (Å²) in [5, 5.41) is 6.01. The molecule has 0 radical (unpaired) electrons. The maximum Gasteiger partial charge on any atom is 0.317 e. The average Bonchev–Trinajstić information content (AvgIpc) is 2.68. The van der Waals surface area contributed by atoms with E-state index in [0.717, 1.165) is 45.8 Å². The zero-order valence-corrected chi connectivity index (χ0v) is 9.71. The van der Waals surface area contributed by atoms with Gasteiger partial charge in [0.25, 0.3) is 0 Å². The van der Waals surface area contributed by atoms with Gasteiger partial charge in [-0.15, -0.1) is 6.58 Å². The Balaban J connectivity index is 1.84. The quantitative estimate of drug-likeness (QED) is 0.437. The third-order valence-electron chi connectivity index (χ3n) is 2.39. The van der Waals surface area contributed by atoms with E-state index in [1.54, 1.807) is 0 Å². The molecule has 1 aliphatic heterocycles. The fraction of sp³-hybridized carbons (Fsp3) is 0.727. The maximum absolute atomic E-state index is 11.2. The fourth-order valence-electron chi connectivity index (χ4n) is 1.48. The number of urea groups is 1. The lowest BCUT2D eigenvalue weighted by Crippen LogP contribution is -2.35. The molecule has 0 atom stereocenters. The first kappa shape index (κ1) is 13.0. The van der Waals surface area contributed by atoms with Crippen molar-refractivity contribution < 1.29 is 9.53 Å². The number of carbonyl (C=O) groups excluding carboxylic acids is 1. The van der Waals surface area contributed by atoms with E-state index >= 15 is 0 Å². The van der Waals surface area contributed by atoms with Crippen LogP contribution in [0.3, 0.4) is 0 Å². The molecule has 16 heavy (non-hydrogen) atoms. The summed E-state index contributed by atoms with van der Waals surface area (Å²) in [5.74, 6) is 0. The van der Waals surface area contributed by atoms with Gasteiger partial charge in [-0.05, 0) is 6.42 Å². The lowest BCUT2D eigenvalue weighted by Gasteiger charge is -2.14. The van der Waals surface area contributed by atoms with Crippen LogP contribution < -0.4 is 10.6 Å². The minimum absolute atomic E-state index is 0.0454. The van der Waals surface area contributed by atoms with Crippen molar-refractivity contribution in [2.45, 2.75) is 6.42 Å². The molecular weight excluding hydrogens is 206 g/mol. The van der Waals surface area contributed by atoms with E-state index in [-0.39, 0.29) is 6.03 Å². The van der Waals surface area contributed by atoms with Gasteiger partial charge in [0.05, 0.1) is 13.2 Å². The van der Waals surface area contributed by atoms with Crippen molar-refractivity contribution in [3.05, 3.63) is 12.7 Å². The molecule has 0 bridgehead atoms. The Bertz CT molecular complexity index is 221. The van der Waals surface area contributed by atoms with Gasteiger partial charge in [0.15, 0.2) is 0 Å². The Morgan fingerprint density at radius 1 is 1.50 bits per heavy atom. The molecule has 92 valence electrons. The molecule has 1 fully saturated rings. The Morgan fingerprint density at radius 2 is 2.38 bits per heavy atom. The highest BCUT2D eigenvalue weighted by atomic mass is 16.5. The number of hydrogen-bond donors (Lipinski definition) is 2. The first-order valence-electron chi connectivity index (χ1n) is 5.76. The molecule has 0 unspecified atom stereocenters. The molecule has 0 saturated carbocycles. The molecule has 1 aliphatic rings. The van der Waals surface area contributed by atoms with Crippen LogP contribution >= 0.6 is 0 Å². The maximum atomic E-state index is 11.2. The fourth-order valence-corrected chi connectivity index (χ4v) is 1.48. The van der Waals surface area contributed by atoms with Crippen molar-refractivity contribution in [1.82, 2.24) is 15.5 Å². The van der Waals surface area contributed by atoms with Crippen molar-refractivity contribution in [3.63, 3.8) is 0 Å². The number of carbonyl (C=O) groups is 1. The van der Waals surface area contributed by atoms with Crippen molar-refractivity contribution in [2.75, 3.05) is 45.9 Å². The average molecular weight is 227 g/mol. The zero-order chi connectivity index (χ0) is 11.6. The molecular formula is C11H21N3O2. The molecule has 5 nitrogen and oxygen atoms in total. The van der Waals surface area contributed by atoms with Crippen molar-refractivity contribution in [1.29, 1.82) is 0 Å². The Hall–Kier alpha value is -1.07. The Labute approximate surface area is 96.8 Å². The van der Waals surface area contributed by atoms with Crippen LogP contribution in [0.1, 0.15) is 6.42 Å². The molecule has 0 aromatic carbocycles. The van der Waals surface area contributed by atoms with Gasteiger partial charge in [-0.2, -0.15) is 0 Å². The third-order valence-corrected chi connectivity index (χ3v) is 2.39. The van der Waals surface area contributed by atoms with E-state index in [0.29, 0.717) is 6.61 Å². The van der Waals surface area contributed by atoms with Gasteiger partial charge in [-0.25, -0.2) is 4.79 Å². The Morgan fingerprint density at radius 3 is 3.06 bits per heavy atom. The number of rotatable bonds is 9. The molecule has 5 heteroatoms. The topological polar surface area (TPSA) is 53.6 Å². The lowest BCUT2D eigenvalue weighted by molar-refractivity contribution is 0.140. The monoisotopic (exact) mass is 227 g/mol. The predicted molar refractivity (Wildman–Crippen MR) is 63.5 cm³/mol. The summed E-state index contributed by atoms with van der Waals surface area (Å²) in [6, 6.07) is 0.0454. The molecule has 1 heterocycles. The largest absolute Gasteiger partial charge is 0.380 e. The summed E-state index contributed by atoms with van der Waals surface area (Å²) in [4.78, 5) is 13.0. The van der Waals surface area contributed by atoms with Gasteiger partial charge >= 0.3 is 6.03 Å². The van der Waals surface area contributed by atoms with E-state index in [1.165, 1.54) is 0 Å². The minimum atomic E-state index is 0.0454. The Kier molecular flexibility index (Phi) is 6.60. The number of hydrogen-bond acceptors (Lipinski definition) is 3. The minimum Gasteiger partial charge on any atom is -0.380 e. The van der Waals surface area contributed by atoms with Gasteiger partial charge in [-0.3, -0.25) is 0 Å². The summed E-state index contributed by atoms with van der Waals surface area (Å²) in [6.07, 6.45) is 2.74. The van der Waals surface area contributed by atoms with Crippen LogP contribution in [0.5, 0.6) is 0 Å². The molecule has 1 saturated heterocycles. The van der Waals surface area contributed by atoms with Gasteiger partial charge in [0, 0.05) is 32.7 Å². The SMILES string of the molecule is C=CCCOCCNCCN1CCNC1=O. The second kappa shape index (κ2) is 8.13. The zero-order valence-electron chi connectivity index (χ0n) is 9.71. The highest BCUT2D eigenvalue weighted by molar-refractivity contribution is 5.76. The van der Waals surface area contributed by atoms with E-state index < -0.39 is 0 Å². The van der Waals surface area contributed by atoms with Gasteiger partial charge in [-0.1, -0.05) is 6.08 Å². The molecule has 0 spiro atoms. The van der Waals surface area contributed by atoms with E-state index in [1.807, 2.05) is 11.0 Å². The van der Waals surface area contributed by atoms with Gasteiger partial charge in [0.1, 0.15) is 0 Å². The van der Waals surface area contributed by atoms with Crippen molar-refractivity contribution in [3.8, 4) is 0 Å². The van der Waals surface area contributed by atoms with Gasteiger partial charge < -0.3 is 20.3 Å². The first-order valence-corrected chi connectivity index (χ1v) is 5.76. The van der Waals surface area contributed by atoms with Crippen LogP contribution in [-0.4, -0.2) is 56.9 Å². The van der Waals surface area contributed by atoms with Crippen LogP contribution in [-0.2, 0) is 4.74 Å². The molecule has 2 amide bonds. The molecule has 1 rings (SSSR count). The van der Waals surface area contributed by atoms with Crippen LogP contribution in [0.15, 0.2) is 12.7 Å². The normalized spacial score (nSPS) is 15.2. The number of ether oxygens (including phenoxy) is 1. The number of nitrogens with zero attached hydrogens (tertiary/aromatic N) is 1. The molecule has 0 aromatic rings. The molecule has 0 aromatic heterocycles. The van der Waals surface area contributed by atoms with Crippen LogP contribution in [0.4, 0.5) is 4.79 Å². The molecule has 0 aliphatic carbocycles.